The van der Waals surface area contributed by atoms with E-state index in [-0.39, 0.29) is 6.03 Å². The van der Waals surface area contributed by atoms with E-state index in [1.165, 1.54) is 13.4 Å². The number of carbonyl (C=O) groups excluding carboxylic acids is 2. The van der Waals surface area contributed by atoms with E-state index < -0.39 is 6.16 Å². The molecule has 0 unspecified atom stereocenters. The highest BCUT2D eigenvalue weighted by atomic mass is 16.7. The summed E-state index contributed by atoms with van der Waals surface area (Å²) in [6.07, 6.45) is 3.00. The van der Waals surface area contributed by atoms with Gasteiger partial charge in [0.1, 0.15) is 29.6 Å². The predicted octanol–water partition coefficient (Wildman–Crippen LogP) is 3.47. The zero-order valence-electron chi connectivity index (χ0n) is 16.3. The summed E-state index contributed by atoms with van der Waals surface area (Å²) in [6.45, 7) is 2.33. The van der Waals surface area contributed by atoms with E-state index in [1.807, 2.05) is 6.92 Å². The molecule has 0 atom stereocenters. The van der Waals surface area contributed by atoms with Gasteiger partial charge in [-0.25, -0.2) is 19.6 Å². The lowest BCUT2D eigenvalue weighted by Gasteiger charge is -2.07. The number of ether oxygens (including phenoxy) is 3. The largest absolute Gasteiger partial charge is 0.518 e. The second kappa shape index (κ2) is 9.82. The van der Waals surface area contributed by atoms with Crippen LogP contribution in [0.25, 0.3) is 22.4 Å². The molecule has 1 aromatic carbocycles. The van der Waals surface area contributed by atoms with Gasteiger partial charge < -0.3 is 19.5 Å². The molecule has 3 aromatic rings. The van der Waals surface area contributed by atoms with Crippen molar-refractivity contribution in [2.75, 3.05) is 19.0 Å². The molecule has 0 aliphatic heterocycles. The van der Waals surface area contributed by atoms with E-state index >= 15 is 0 Å². The number of fused-ring (bicyclic) bond motifs is 1. The summed E-state index contributed by atoms with van der Waals surface area (Å²) in [5, 5.41) is 5.27. The van der Waals surface area contributed by atoms with Gasteiger partial charge in [0.2, 0.25) is 0 Å². The van der Waals surface area contributed by atoms with Crippen molar-refractivity contribution >= 4 is 29.2 Å². The van der Waals surface area contributed by atoms with E-state index in [4.69, 9.17) is 4.74 Å². The van der Waals surface area contributed by atoms with Gasteiger partial charge in [-0.2, -0.15) is 0 Å². The molecular weight excluding hydrogens is 390 g/mol. The summed E-state index contributed by atoms with van der Waals surface area (Å²) < 4.78 is 14.3. The van der Waals surface area contributed by atoms with Crippen LogP contribution in [0.2, 0.25) is 0 Å². The van der Waals surface area contributed by atoms with Crippen molar-refractivity contribution in [2.45, 2.75) is 6.92 Å². The molecule has 2 amide bonds. The van der Waals surface area contributed by atoms with Crippen LogP contribution in [0.15, 0.2) is 55.1 Å². The minimum Gasteiger partial charge on any atom is -0.501 e. The molecular formula is C20H19N5O5. The smallest absolute Gasteiger partial charge is 0.501 e. The highest BCUT2D eigenvalue weighted by Gasteiger charge is 2.09. The van der Waals surface area contributed by atoms with Gasteiger partial charge >= 0.3 is 12.2 Å². The number of nitrogens with zero attached hydrogens (tertiary/aromatic N) is 3. The zero-order valence-corrected chi connectivity index (χ0v) is 16.3. The van der Waals surface area contributed by atoms with Crippen molar-refractivity contribution in [1.82, 2.24) is 20.3 Å². The first-order valence-electron chi connectivity index (χ1n) is 8.94. The highest BCUT2D eigenvalue weighted by molar-refractivity contribution is 5.89. The third-order valence-electron chi connectivity index (χ3n) is 3.69. The van der Waals surface area contributed by atoms with Crippen molar-refractivity contribution in [2.24, 2.45) is 0 Å². The molecule has 0 saturated heterocycles. The standard InChI is InChI=1S/C20H19N5O5/c1-3-21-19(26)25-17-9-8-15-18(24-17)23-16(12-22-15)13-4-6-14(7-5-13)30-20(27)29-11-10-28-2/h4-12H,3H2,1-2H3,(H2,21,23,24,25,26)/b11-10+. The maximum Gasteiger partial charge on any atom is 0.518 e. The Kier molecular flexibility index (Phi) is 6.72. The van der Waals surface area contributed by atoms with Crippen molar-refractivity contribution in [3.05, 3.63) is 55.1 Å². The molecule has 2 heterocycles. The van der Waals surface area contributed by atoms with Gasteiger partial charge in [-0.05, 0) is 43.3 Å². The molecule has 0 spiro atoms. The zero-order chi connectivity index (χ0) is 21.3. The number of nitrogens with one attached hydrogen (secondary N) is 2. The van der Waals surface area contributed by atoms with Gasteiger partial charge in [-0.3, -0.25) is 10.3 Å². The number of anilines is 1. The Morgan fingerprint density at radius 2 is 1.87 bits per heavy atom. The number of pyridine rings is 1. The molecule has 3 rings (SSSR count). The lowest BCUT2D eigenvalue weighted by atomic mass is 10.1. The Morgan fingerprint density at radius 1 is 1.07 bits per heavy atom. The first-order chi connectivity index (χ1) is 14.6. The third kappa shape index (κ3) is 5.41. The van der Waals surface area contributed by atoms with Crippen LogP contribution in [-0.2, 0) is 9.47 Å². The van der Waals surface area contributed by atoms with Gasteiger partial charge in [0.25, 0.3) is 0 Å². The molecule has 154 valence electrons. The molecule has 0 saturated carbocycles. The molecule has 10 nitrogen and oxygen atoms in total. The first-order valence-corrected chi connectivity index (χ1v) is 8.94. The van der Waals surface area contributed by atoms with Crippen LogP contribution in [-0.4, -0.2) is 40.8 Å². The van der Waals surface area contributed by atoms with Crippen LogP contribution >= 0.6 is 0 Å². The van der Waals surface area contributed by atoms with Gasteiger partial charge in [0.15, 0.2) is 5.65 Å². The Hall–Kier alpha value is -4.21. The minimum atomic E-state index is -0.891. The number of aromatic nitrogens is 3. The molecule has 2 aromatic heterocycles. The Morgan fingerprint density at radius 3 is 2.60 bits per heavy atom. The van der Waals surface area contributed by atoms with Crippen molar-refractivity contribution in [3.63, 3.8) is 0 Å². The number of amides is 2. The number of hydrogen-bond donors (Lipinski definition) is 2. The van der Waals surface area contributed by atoms with E-state index in [9.17, 15) is 9.59 Å². The summed E-state index contributed by atoms with van der Waals surface area (Å²) in [4.78, 5) is 36.4. The third-order valence-corrected chi connectivity index (χ3v) is 3.69. The fourth-order valence-electron chi connectivity index (χ4n) is 2.38. The number of rotatable bonds is 6. The normalized spacial score (nSPS) is 10.6. The fourth-order valence-corrected chi connectivity index (χ4v) is 2.38. The van der Waals surface area contributed by atoms with Crippen LogP contribution in [0.4, 0.5) is 15.4 Å². The fraction of sp³-hybridized carbons (Fsp3) is 0.150. The second-order valence-corrected chi connectivity index (χ2v) is 5.78. The van der Waals surface area contributed by atoms with Gasteiger partial charge in [-0.15, -0.1) is 0 Å². The average Bonchev–Trinajstić information content (AvgIpc) is 2.74. The summed E-state index contributed by atoms with van der Waals surface area (Å²) in [5.41, 5.74) is 2.29. The molecule has 2 N–H and O–H groups in total. The monoisotopic (exact) mass is 409 g/mol. The van der Waals surface area contributed by atoms with E-state index in [2.05, 4.69) is 35.1 Å². The lowest BCUT2D eigenvalue weighted by molar-refractivity contribution is 0.133. The maximum absolute atomic E-state index is 11.7. The van der Waals surface area contributed by atoms with Crippen molar-refractivity contribution in [3.8, 4) is 17.0 Å². The van der Waals surface area contributed by atoms with Crippen LogP contribution < -0.4 is 15.4 Å². The number of hydrogen-bond acceptors (Lipinski definition) is 8. The van der Waals surface area contributed by atoms with Gasteiger partial charge in [0, 0.05) is 12.1 Å². The Balaban J connectivity index is 1.74. The van der Waals surface area contributed by atoms with Crippen LogP contribution in [0.5, 0.6) is 5.75 Å². The van der Waals surface area contributed by atoms with Crippen LogP contribution in [0, 0.1) is 0 Å². The molecule has 10 heteroatoms. The molecule has 0 aliphatic rings. The molecule has 0 aliphatic carbocycles. The van der Waals surface area contributed by atoms with E-state index in [1.54, 1.807) is 42.6 Å². The first kappa shape index (κ1) is 20.5. The second-order valence-electron chi connectivity index (χ2n) is 5.78. The van der Waals surface area contributed by atoms with Crippen LogP contribution in [0.3, 0.4) is 0 Å². The summed E-state index contributed by atoms with van der Waals surface area (Å²) in [5.74, 6) is 0.666. The summed E-state index contributed by atoms with van der Waals surface area (Å²) >= 11 is 0. The topological polar surface area (TPSA) is 125 Å². The van der Waals surface area contributed by atoms with Crippen molar-refractivity contribution in [1.29, 1.82) is 0 Å². The Bertz CT molecular complexity index is 1070. The predicted molar refractivity (Wildman–Crippen MR) is 109 cm³/mol. The molecule has 0 bridgehead atoms. The highest BCUT2D eigenvalue weighted by Crippen LogP contribution is 2.22. The van der Waals surface area contributed by atoms with E-state index in [0.29, 0.717) is 35.0 Å². The number of methoxy groups -OCH3 is 1. The molecule has 0 radical (unpaired) electrons. The van der Waals surface area contributed by atoms with E-state index in [0.717, 1.165) is 11.8 Å². The lowest BCUT2D eigenvalue weighted by Crippen LogP contribution is -2.28. The quantitative estimate of drug-likeness (QED) is 0.360. The van der Waals surface area contributed by atoms with Gasteiger partial charge in [0.05, 0.1) is 19.0 Å². The van der Waals surface area contributed by atoms with Crippen molar-refractivity contribution < 1.29 is 23.8 Å². The van der Waals surface area contributed by atoms with Gasteiger partial charge in [-0.1, -0.05) is 0 Å². The summed E-state index contributed by atoms with van der Waals surface area (Å²) in [6, 6.07) is 9.67. The maximum atomic E-state index is 11.7. The SMILES string of the molecule is CCNC(=O)Nc1ccc2ncc(-c3ccc(OC(=O)O/C=C/OC)cc3)nc2n1. The number of carbonyl (C=O) groups is 2. The summed E-state index contributed by atoms with van der Waals surface area (Å²) in [7, 11) is 1.43. The Labute approximate surface area is 171 Å². The number of benzene rings is 1. The average molecular weight is 409 g/mol. The van der Waals surface area contributed by atoms with Crippen LogP contribution in [0.1, 0.15) is 6.92 Å². The number of urea groups is 1. The minimum absolute atomic E-state index is 0.301. The molecule has 30 heavy (non-hydrogen) atoms. The molecule has 0 fully saturated rings.